The summed E-state index contributed by atoms with van der Waals surface area (Å²) in [4.78, 5) is 13.0. The third-order valence-corrected chi connectivity index (χ3v) is 3.22. The van der Waals surface area contributed by atoms with Crippen LogP contribution in [0.15, 0.2) is 30.3 Å². The second-order valence-corrected chi connectivity index (χ2v) is 5.40. The Morgan fingerprint density at radius 1 is 1.16 bits per heavy atom. The van der Waals surface area contributed by atoms with Crippen molar-refractivity contribution >= 4 is 5.97 Å². The maximum Gasteiger partial charge on any atom is 0.304 e. The smallest absolute Gasteiger partial charge is 0.304 e. The summed E-state index contributed by atoms with van der Waals surface area (Å²) in [6, 6.07) is 10.4. The third kappa shape index (κ3) is 7.62. The van der Waals surface area contributed by atoms with E-state index in [2.05, 4.69) is 30.9 Å². The van der Waals surface area contributed by atoms with Crippen LogP contribution in [0, 0.1) is 5.92 Å². The van der Waals surface area contributed by atoms with Crippen molar-refractivity contribution in [3.05, 3.63) is 35.9 Å². The number of aliphatic carboxylic acids is 1. The highest BCUT2D eigenvalue weighted by Gasteiger charge is 2.08. The van der Waals surface area contributed by atoms with Gasteiger partial charge in [-0.05, 0) is 30.9 Å². The van der Waals surface area contributed by atoms with Gasteiger partial charge in [-0.3, -0.25) is 4.79 Å². The molecule has 0 saturated carbocycles. The molecule has 3 nitrogen and oxygen atoms in total. The van der Waals surface area contributed by atoms with Crippen LogP contribution in [0.5, 0.6) is 0 Å². The van der Waals surface area contributed by atoms with E-state index >= 15 is 0 Å². The maximum absolute atomic E-state index is 10.7. The molecule has 0 atom stereocenters. The molecule has 0 aromatic heterocycles. The number of rotatable bonds is 9. The summed E-state index contributed by atoms with van der Waals surface area (Å²) in [6.07, 6.45) is 2.33. The molecule has 1 N–H and O–H groups in total. The van der Waals surface area contributed by atoms with Crippen LogP contribution in [0.3, 0.4) is 0 Å². The fourth-order valence-electron chi connectivity index (χ4n) is 1.96. The van der Waals surface area contributed by atoms with Gasteiger partial charge < -0.3 is 10.0 Å². The van der Waals surface area contributed by atoms with E-state index in [1.807, 2.05) is 18.2 Å². The highest BCUT2D eigenvalue weighted by atomic mass is 16.4. The van der Waals surface area contributed by atoms with Gasteiger partial charge in [-0.15, -0.1) is 0 Å². The lowest BCUT2D eigenvalue weighted by Gasteiger charge is -2.22. The standard InChI is InChI=1S/C16H25NO2/c1-14(2)8-11-17(13-10-16(18)19)12-9-15-6-4-3-5-7-15/h3-7,14H,8-13H2,1-2H3,(H,18,19). The van der Waals surface area contributed by atoms with Gasteiger partial charge in [-0.2, -0.15) is 0 Å². The zero-order chi connectivity index (χ0) is 14.1. The van der Waals surface area contributed by atoms with Crippen molar-refractivity contribution in [2.24, 2.45) is 5.92 Å². The Balaban J connectivity index is 2.41. The van der Waals surface area contributed by atoms with E-state index in [-0.39, 0.29) is 6.42 Å². The molecule has 1 aromatic carbocycles. The molecule has 0 spiro atoms. The lowest BCUT2D eigenvalue weighted by atomic mass is 10.1. The van der Waals surface area contributed by atoms with Gasteiger partial charge in [0, 0.05) is 13.1 Å². The average molecular weight is 263 g/mol. The molecule has 0 radical (unpaired) electrons. The van der Waals surface area contributed by atoms with Crippen molar-refractivity contribution in [2.45, 2.75) is 33.1 Å². The van der Waals surface area contributed by atoms with Crippen LogP contribution in [0.1, 0.15) is 32.3 Å². The first-order chi connectivity index (χ1) is 9.08. The van der Waals surface area contributed by atoms with Crippen LogP contribution in [-0.4, -0.2) is 35.6 Å². The van der Waals surface area contributed by atoms with Gasteiger partial charge in [0.25, 0.3) is 0 Å². The molecule has 1 rings (SSSR count). The molecule has 3 heteroatoms. The fourth-order valence-corrected chi connectivity index (χ4v) is 1.96. The first-order valence-corrected chi connectivity index (χ1v) is 7.06. The zero-order valence-electron chi connectivity index (χ0n) is 12.0. The normalized spacial score (nSPS) is 11.2. The quantitative estimate of drug-likeness (QED) is 0.744. The van der Waals surface area contributed by atoms with Crippen LogP contribution < -0.4 is 0 Å². The van der Waals surface area contributed by atoms with E-state index < -0.39 is 5.97 Å². The van der Waals surface area contributed by atoms with Crippen molar-refractivity contribution in [1.82, 2.24) is 4.90 Å². The topological polar surface area (TPSA) is 40.5 Å². The highest BCUT2D eigenvalue weighted by molar-refractivity contribution is 5.66. The molecule has 0 aliphatic rings. The summed E-state index contributed by atoms with van der Waals surface area (Å²) in [7, 11) is 0. The lowest BCUT2D eigenvalue weighted by Crippen LogP contribution is -2.30. The molecule has 0 aliphatic heterocycles. The molecule has 0 fully saturated rings. The van der Waals surface area contributed by atoms with Crippen molar-refractivity contribution in [1.29, 1.82) is 0 Å². The van der Waals surface area contributed by atoms with Crippen LogP contribution in [-0.2, 0) is 11.2 Å². The van der Waals surface area contributed by atoms with Gasteiger partial charge in [0.2, 0.25) is 0 Å². The summed E-state index contributed by atoms with van der Waals surface area (Å²) in [5.74, 6) is -0.0571. The Morgan fingerprint density at radius 3 is 2.42 bits per heavy atom. The molecule has 19 heavy (non-hydrogen) atoms. The minimum atomic E-state index is -0.714. The van der Waals surface area contributed by atoms with E-state index in [4.69, 9.17) is 5.11 Å². The van der Waals surface area contributed by atoms with Gasteiger partial charge in [-0.1, -0.05) is 44.2 Å². The summed E-state index contributed by atoms with van der Waals surface area (Å²) >= 11 is 0. The molecule has 0 aliphatic carbocycles. The predicted molar refractivity (Wildman–Crippen MR) is 78.3 cm³/mol. The SMILES string of the molecule is CC(C)CCN(CCC(=O)O)CCc1ccccc1. The number of benzene rings is 1. The first kappa shape index (κ1) is 15.7. The summed E-state index contributed by atoms with van der Waals surface area (Å²) in [5.41, 5.74) is 1.31. The largest absolute Gasteiger partial charge is 0.481 e. The highest BCUT2D eigenvalue weighted by Crippen LogP contribution is 2.06. The molecule has 0 bridgehead atoms. The maximum atomic E-state index is 10.7. The van der Waals surface area contributed by atoms with Gasteiger partial charge in [-0.25, -0.2) is 0 Å². The second-order valence-electron chi connectivity index (χ2n) is 5.40. The van der Waals surface area contributed by atoms with Crippen molar-refractivity contribution in [3.8, 4) is 0 Å². The van der Waals surface area contributed by atoms with E-state index in [0.29, 0.717) is 12.5 Å². The Morgan fingerprint density at radius 2 is 1.84 bits per heavy atom. The predicted octanol–water partition coefficient (Wildman–Crippen LogP) is 3.05. The second kappa shape index (κ2) is 8.70. The van der Waals surface area contributed by atoms with Crippen LogP contribution >= 0.6 is 0 Å². The van der Waals surface area contributed by atoms with Crippen LogP contribution in [0.4, 0.5) is 0 Å². The number of carboxylic acids is 1. The van der Waals surface area contributed by atoms with Crippen LogP contribution in [0.25, 0.3) is 0 Å². The van der Waals surface area contributed by atoms with Gasteiger partial charge in [0.1, 0.15) is 0 Å². The van der Waals surface area contributed by atoms with Crippen molar-refractivity contribution < 1.29 is 9.90 Å². The monoisotopic (exact) mass is 263 g/mol. The zero-order valence-corrected chi connectivity index (χ0v) is 12.0. The van der Waals surface area contributed by atoms with Crippen LogP contribution in [0.2, 0.25) is 0 Å². The van der Waals surface area contributed by atoms with Gasteiger partial charge in [0.15, 0.2) is 0 Å². The number of hydrogen-bond donors (Lipinski definition) is 1. The Bertz CT molecular complexity index is 362. The van der Waals surface area contributed by atoms with E-state index in [1.54, 1.807) is 0 Å². The first-order valence-electron chi connectivity index (χ1n) is 7.06. The summed E-state index contributed by atoms with van der Waals surface area (Å²) < 4.78 is 0. The molecule has 0 heterocycles. The molecule has 1 aromatic rings. The molecule has 106 valence electrons. The Labute approximate surface area is 116 Å². The van der Waals surface area contributed by atoms with E-state index in [9.17, 15) is 4.79 Å². The fraction of sp³-hybridized carbons (Fsp3) is 0.562. The number of hydrogen-bond acceptors (Lipinski definition) is 2. The summed E-state index contributed by atoms with van der Waals surface area (Å²) in [6.45, 7) is 6.97. The minimum Gasteiger partial charge on any atom is -0.481 e. The van der Waals surface area contributed by atoms with Crippen molar-refractivity contribution in [3.63, 3.8) is 0 Å². The minimum absolute atomic E-state index is 0.229. The molecule has 0 unspecified atom stereocenters. The molecule has 0 amide bonds. The van der Waals surface area contributed by atoms with E-state index in [1.165, 1.54) is 5.56 Å². The van der Waals surface area contributed by atoms with Gasteiger partial charge in [0.05, 0.1) is 6.42 Å². The summed E-state index contributed by atoms with van der Waals surface area (Å²) in [5, 5.41) is 8.80. The number of carboxylic acid groups (broad SMARTS) is 1. The lowest BCUT2D eigenvalue weighted by molar-refractivity contribution is -0.137. The van der Waals surface area contributed by atoms with E-state index in [0.717, 1.165) is 25.9 Å². The Kier molecular flexibility index (Phi) is 7.19. The van der Waals surface area contributed by atoms with Crippen molar-refractivity contribution in [2.75, 3.05) is 19.6 Å². The van der Waals surface area contributed by atoms with Gasteiger partial charge >= 0.3 is 5.97 Å². The molecular weight excluding hydrogens is 238 g/mol. The number of carbonyl (C=O) groups is 1. The Hall–Kier alpha value is -1.35. The molecular formula is C16H25NO2. The third-order valence-electron chi connectivity index (χ3n) is 3.22. The number of nitrogens with zero attached hydrogens (tertiary/aromatic N) is 1. The average Bonchev–Trinajstić information content (AvgIpc) is 2.38. The molecule has 0 saturated heterocycles.